The number of carbonyl (C=O) groups excluding carboxylic acids is 1. The van der Waals surface area contributed by atoms with Gasteiger partial charge in [0.15, 0.2) is 0 Å². The number of rotatable bonds is 42. The molecule has 0 spiro atoms. The molecule has 62 heavy (non-hydrogen) atoms. The first-order chi connectivity index (χ1) is 30.0. The van der Waals surface area contributed by atoms with E-state index in [2.05, 4.69) is 50.3 Å². The van der Waals surface area contributed by atoms with Crippen molar-refractivity contribution in [3.8, 4) is 0 Å². The lowest BCUT2D eigenvalue weighted by Crippen LogP contribution is -2.64. The predicted octanol–water partition coefficient (Wildman–Crippen LogP) is 10.6. The SMILES string of the molecule is CCC/C=C\C/C=C\CCCCCCCCOCC(COP(=O)(O)OC1C(O)C(O)C(O)C(O)C1O)OC(=O)CCCCCCCCCCC/C=C\CCCCCCCCCC. The Labute approximate surface area is 376 Å². The third kappa shape index (κ3) is 31.4. The minimum atomic E-state index is -5.02. The Kier molecular flexibility index (Phi) is 37.7. The van der Waals surface area contributed by atoms with Crippen molar-refractivity contribution in [3.63, 3.8) is 0 Å². The lowest BCUT2D eigenvalue weighted by molar-refractivity contribution is -0.220. The van der Waals surface area contributed by atoms with E-state index in [1.807, 2.05) is 0 Å². The molecule has 1 aliphatic carbocycles. The highest BCUT2D eigenvalue weighted by molar-refractivity contribution is 7.47. The first-order valence-corrected chi connectivity index (χ1v) is 26.3. The van der Waals surface area contributed by atoms with Crippen LogP contribution in [0.2, 0.25) is 0 Å². The molecule has 13 heteroatoms. The Bertz CT molecular complexity index is 1170. The van der Waals surface area contributed by atoms with E-state index in [-0.39, 0.29) is 13.0 Å². The Morgan fingerprint density at radius 1 is 0.516 bits per heavy atom. The van der Waals surface area contributed by atoms with Crippen molar-refractivity contribution in [2.45, 2.75) is 249 Å². The second-order valence-electron chi connectivity index (χ2n) is 17.3. The van der Waals surface area contributed by atoms with Gasteiger partial charge in [-0.05, 0) is 64.2 Å². The highest BCUT2D eigenvalue weighted by atomic mass is 31.2. The molecule has 364 valence electrons. The van der Waals surface area contributed by atoms with Crippen LogP contribution in [0.3, 0.4) is 0 Å². The second-order valence-corrected chi connectivity index (χ2v) is 18.7. The van der Waals surface area contributed by atoms with Crippen molar-refractivity contribution in [2.75, 3.05) is 19.8 Å². The van der Waals surface area contributed by atoms with E-state index in [0.29, 0.717) is 13.0 Å². The van der Waals surface area contributed by atoms with Crippen molar-refractivity contribution in [1.82, 2.24) is 0 Å². The number of unbranched alkanes of at least 4 members (excludes halogenated alkanes) is 24. The van der Waals surface area contributed by atoms with Crippen LogP contribution in [-0.2, 0) is 27.9 Å². The summed E-state index contributed by atoms with van der Waals surface area (Å²) in [7, 11) is -5.02. The summed E-state index contributed by atoms with van der Waals surface area (Å²) < 4.78 is 34.2. The Morgan fingerprint density at radius 2 is 0.935 bits per heavy atom. The third-order valence-electron chi connectivity index (χ3n) is 11.5. The van der Waals surface area contributed by atoms with E-state index in [1.54, 1.807) is 0 Å². The molecular formula is C49H91O12P. The van der Waals surface area contributed by atoms with Crippen LogP contribution in [0.5, 0.6) is 0 Å². The lowest BCUT2D eigenvalue weighted by atomic mass is 9.85. The fourth-order valence-corrected chi connectivity index (χ4v) is 8.48. The molecule has 1 fully saturated rings. The topological polar surface area (TPSA) is 192 Å². The van der Waals surface area contributed by atoms with Gasteiger partial charge in [-0.1, -0.05) is 172 Å². The number of ether oxygens (including phenoxy) is 2. The largest absolute Gasteiger partial charge is 0.472 e. The van der Waals surface area contributed by atoms with E-state index in [4.69, 9.17) is 18.5 Å². The summed E-state index contributed by atoms with van der Waals surface area (Å²) in [5.74, 6) is -0.482. The maximum Gasteiger partial charge on any atom is 0.472 e. The smallest absolute Gasteiger partial charge is 0.457 e. The average molecular weight is 903 g/mol. The molecule has 12 nitrogen and oxygen atoms in total. The molecule has 0 bridgehead atoms. The standard InChI is InChI=1S/C49H91O12P/c1-3-5-7-9-11-13-15-17-19-20-21-22-23-24-25-26-28-30-32-34-36-38-43(50)60-42(40-58-39-37-35-33-31-29-27-18-16-14-12-10-8-6-4-2)41-59-62(56,57)61-49-47(54)45(52)44(51)46(53)48(49)55/h8,10,14,16,20-21,42,44-49,51-55H,3-7,9,11-13,15,17-19,22-41H2,1-2H3,(H,56,57)/b10-8-,16-14-,21-20-. The quantitative estimate of drug-likeness (QED) is 0.0147. The number of phosphoric acid groups is 1. The second kappa shape index (κ2) is 39.9. The third-order valence-corrected chi connectivity index (χ3v) is 12.5. The number of carbonyl (C=O) groups is 1. The molecule has 1 saturated carbocycles. The Hall–Kier alpha value is -1.44. The van der Waals surface area contributed by atoms with Gasteiger partial charge in [-0.2, -0.15) is 0 Å². The van der Waals surface area contributed by atoms with Gasteiger partial charge >= 0.3 is 13.8 Å². The van der Waals surface area contributed by atoms with Gasteiger partial charge in [0.1, 0.15) is 42.7 Å². The Balaban J connectivity index is 2.34. The first kappa shape index (κ1) is 58.6. The van der Waals surface area contributed by atoms with Gasteiger partial charge in [-0.15, -0.1) is 0 Å². The number of hydrogen-bond donors (Lipinski definition) is 6. The summed E-state index contributed by atoms with van der Waals surface area (Å²) in [6.45, 7) is 4.19. The summed E-state index contributed by atoms with van der Waals surface area (Å²) in [6.07, 6.45) is 35.0. The fourth-order valence-electron chi connectivity index (χ4n) is 7.51. The summed E-state index contributed by atoms with van der Waals surface area (Å²) in [6, 6.07) is 0. The summed E-state index contributed by atoms with van der Waals surface area (Å²) >= 11 is 0. The van der Waals surface area contributed by atoms with Crippen LogP contribution >= 0.6 is 7.82 Å². The van der Waals surface area contributed by atoms with Crippen LogP contribution in [0.1, 0.15) is 206 Å². The van der Waals surface area contributed by atoms with E-state index >= 15 is 0 Å². The van der Waals surface area contributed by atoms with Crippen molar-refractivity contribution in [1.29, 1.82) is 0 Å². The average Bonchev–Trinajstić information content (AvgIpc) is 3.26. The van der Waals surface area contributed by atoms with E-state index in [1.165, 1.54) is 109 Å². The maximum absolute atomic E-state index is 12.8. The van der Waals surface area contributed by atoms with E-state index in [0.717, 1.165) is 70.6 Å². The fraction of sp³-hybridized carbons (Fsp3) is 0.857. The van der Waals surface area contributed by atoms with Gasteiger partial charge in [0.25, 0.3) is 0 Å². The van der Waals surface area contributed by atoms with Gasteiger partial charge in [0.05, 0.1) is 13.2 Å². The van der Waals surface area contributed by atoms with Crippen LogP contribution in [0.25, 0.3) is 0 Å². The number of esters is 1. The molecule has 6 atom stereocenters. The summed E-state index contributed by atoms with van der Waals surface area (Å²) in [4.78, 5) is 23.2. The molecule has 0 aromatic rings. The van der Waals surface area contributed by atoms with Gasteiger partial charge in [0, 0.05) is 13.0 Å². The van der Waals surface area contributed by atoms with Gasteiger partial charge < -0.3 is 39.9 Å². The Morgan fingerprint density at radius 3 is 1.44 bits per heavy atom. The summed E-state index contributed by atoms with van der Waals surface area (Å²) in [5, 5.41) is 50.2. The van der Waals surface area contributed by atoms with Crippen LogP contribution in [-0.4, -0.2) is 98.9 Å². The molecule has 0 heterocycles. The number of aliphatic hydroxyl groups excluding tert-OH is 5. The molecular weight excluding hydrogens is 812 g/mol. The van der Waals surface area contributed by atoms with Crippen molar-refractivity contribution < 1.29 is 58.3 Å². The molecule has 0 aliphatic heterocycles. The lowest BCUT2D eigenvalue weighted by Gasteiger charge is -2.41. The molecule has 1 aliphatic rings. The zero-order valence-electron chi connectivity index (χ0n) is 38.9. The highest BCUT2D eigenvalue weighted by Crippen LogP contribution is 2.47. The minimum absolute atomic E-state index is 0.0837. The normalized spacial score (nSPS) is 22.3. The van der Waals surface area contributed by atoms with E-state index in [9.17, 15) is 39.8 Å². The predicted molar refractivity (Wildman–Crippen MR) is 249 cm³/mol. The van der Waals surface area contributed by atoms with Crippen LogP contribution in [0.4, 0.5) is 0 Å². The van der Waals surface area contributed by atoms with Crippen LogP contribution < -0.4 is 0 Å². The van der Waals surface area contributed by atoms with Gasteiger partial charge in [-0.25, -0.2) is 4.57 Å². The molecule has 0 radical (unpaired) electrons. The van der Waals surface area contributed by atoms with Crippen molar-refractivity contribution in [2.24, 2.45) is 0 Å². The molecule has 1 rings (SSSR count). The molecule has 0 aromatic carbocycles. The zero-order valence-corrected chi connectivity index (χ0v) is 39.8. The molecule has 0 amide bonds. The number of allylic oxidation sites excluding steroid dienone is 6. The maximum atomic E-state index is 12.8. The zero-order chi connectivity index (χ0) is 45.5. The number of phosphoric ester groups is 1. The van der Waals surface area contributed by atoms with Crippen molar-refractivity contribution in [3.05, 3.63) is 36.5 Å². The van der Waals surface area contributed by atoms with Gasteiger partial charge in [0.2, 0.25) is 0 Å². The van der Waals surface area contributed by atoms with Crippen LogP contribution in [0.15, 0.2) is 36.5 Å². The monoisotopic (exact) mass is 903 g/mol. The highest BCUT2D eigenvalue weighted by Gasteiger charge is 2.51. The minimum Gasteiger partial charge on any atom is -0.457 e. The van der Waals surface area contributed by atoms with E-state index < -0.39 is 63.1 Å². The molecule has 6 unspecified atom stereocenters. The number of aliphatic hydroxyl groups is 5. The summed E-state index contributed by atoms with van der Waals surface area (Å²) in [5.41, 5.74) is 0. The van der Waals surface area contributed by atoms with Gasteiger partial charge in [-0.3, -0.25) is 13.8 Å². The van der Waals surface area contributed by atoms with Crippen molar-refractivity contribution >= 4 is 13.8 Å². The number of hydrogen-bond acceptors (Lipinski definition) is 11. The first-order valence-electron chi connectivity index (χ1n) is 24.8. The van der Waals surface area contributed by atoms with Crippen LogP contribution in [0, 0.1) is 0 Å². The molecule has 6 N–H and O–H groups in total. The molecule has 0 saturated heterocycles. The molecule has 0 aromatic heterocycles.